The monoisotopic (exact) mass is 299 g/mol. The molecule has 0 bridgehead atoms. The second kappa shape index (κ2) is 8.34. The van der Waals surface area contributed by atoms with Gasteiger partial charge in [-0.2, -0.15) is 0 Å². The molecular weight excluding hydrogens is 270 g/mol. The van der Waals surface area contributed by atoms with E-state index in [4.69, 9.17) is 4.74 Å². The van der Waals surface area contributed by atoms with E-state index >= 15 is 0 Å². The van der Waals surface area contributed by atoms with Crippen LogP contribution in [0.2, 0.25) is 0 Å². The van der Waals surface area contributed by atoms with Crippen molar-refractivity contribution in [1.29, 1.82) is 0 Å². The summed E-state index contributed by atoms with van der Waals surface area (Å²) in [4.78, 5) is 24.7. The van der Waals surface area contributed by atoms with Crippen LogP contribution in [0.3, 0.4) is 0 Å². The highest BCUT2D eigenvalue weighted by Gasteiger charge is 2.41. The van der Waals surface area contributed by atoms with Gasteiger partial charge in [-0.15, -0.1) is 0 Å². The van der Waals surface area contributed by atoms with Crippen LogP contribution in [-0.2, 0) is 14.3 Å². The Morgan fingerprint density at radius 1 is 1.29 bits per heavy atom. The summed E-state index contributed by atoms with van der Waals surface area (Å²) in [5.74, 6) is 0.123. The average Bonchev–Trinajstić information content (AvgIpc) is 2.46. The molecule has 1 fully saturated rings. The van der Waals surface area contributed by atoms with Crippen LogP contribution in [0.1, 0.15) is 33.1 Å². The van der Waals surface area contributed by atoms with Gasteiger partial charge in [0.05, 0.1) is 12.0 Å². The first-order valence-electron chi connectivity index (χ1n) is 7.67. The van der Waals surface area contributed by atoms with Crippen LogP contribution in [0.5, 0.6) is 0 Å². The van der Waals surface area contributed by atoms with Crippen molar-refractivity contribution < 1.29 is 14.3 Å². The minimum Gasteiger partial charge on any atom is -0.384 e. The average molecular weight is 299 g/mol. The van der Waals surface area contributed by atoms with E-state index in [0.29, 0.717) is 18.9 Å². The van der Waals surface area contributed by atoms with Crippen molar-refractivity contribution in [3.63, 3.8) is 0 Å². The van der Waals surface area contributed by atoms with E-state index in [2.05, 4.69) is 16.0 Å². The number of nitrogens with one attached hydrogen (secondary N) is 3. The Bertz CT molecular complexity index is 347. The highest BCUT2D eigenvalue weighted by atomic mass is 16.5. The van der Waals surface area contributed by atoms with Gasteiger partial charge in [0.25, 0.3) is 0 Å². The number of likely N-dealkylation sites (N-methyl/N-ethyl adjacent to an activating group) is 1. The number of amides is 2. The van der Waals surface area contributed by atoms with E-state index in [9.17, 15) is 9.59 Å². The van der Waals surface area contributed by atoms with Crippen molar-refractivity contribution >= 4 is 11.8 Å². The van der Waals surface area contributed by atoms with Crippen molar-refractivity contribution in [2.24, 2.45) is 11.3 Å². The summed E-state index contributed by atoms with van der Waals surface area (Å²) in [7, 11) is 3.21. The molecule has 1 aliphatic rings. The molecule has 0 saturated carbocycles. The molecule has 1 rings (SSSR count). The van der Waals surface area contributed by atoms with Gasteiger partial charge in [-0.1, -0.05) is 13.8 Å². The second-order valence-electron chi connectivity index (χ2n) is 6.23. The minimum absolute atomic E-state index is 0.0694. The van der Waals surface area contributed by atoms with Crippen LogP contribution >= 0.6 is 0 Å². The molecular formula is C15H29N3O3. The van der Waals surface area contributed by atoms with Gasteiger partial charge in [-0.3, -0.25) is 9.59 Å². The normalized spacial score (nSPS) is 19.1. The molecule has 0 aromatic heterocycles. The Morgan fingerprint density at radius 2 is 1.90 bits per heavy atom. The van der Waals surface area contributed by atoms with Crippen LogP contribution in [0.25, 0.3) is 0 Å². The van der Waals surface area contributed by atoms with Gasteiger partial charge in [-0.25, -0.2) is 0 Å². The molecule has 3 N–H and O–H groups in total. The van der Waals surface area contributed by atoms with Gasteiger partial charge in [0.15, 0.2) is 0 Å². The van der Waals surface area contributed by atoms with Crippen LogP contribution in [0, 0.1) is 11.3 Å². The smallest absolute Gasteiger partial charge is 0.242 e. The van der Waals surface area contributed by atoms with Crippen molar-refractivity contribution in [1.82, 2.24) is 16.0 Å². The number of methoxy groups -OCH3 is 1. The number of ether oxygens (including phenoxy) is 1. The molecule has 0 aliphatic carbocycles. The zero-order valence-corrected chi connectivity index (χ0v) is 13.6. The number of carbonyl (C=O) groups is 2. The van der Waals surface area contributed by atoms with Crippen molar-refractivity contribution in [2.75, 3.05) is 33.9 Å². The van der Waals surface area contributed by atoms with E-state index in [1.165, 1.54) is 0 Å². The van der Waals surface area contributed by atoms with Gasteiger partial charge in [0.1, 0.15) is 6.04 Å². The third kappa shape index (κ3) is 4.97. The molecule has 6 heteroatoms. The Morgan fingerprint density at radius 3 is 2.38 bits per heavy atom. The summed E-state index contributed by atoms with van der Waals surface area (Å²) in [6, 6.07) is -0.480. The van der Waals surface area contributed by atoms with E-state index in [1.807, 2.05) is 13.8 Å². The molecule has 1 heterocycles. The fourth-order valence-corrected chi connectivity index (χ4v) is 2.81. The number of hydrogen-bond donors (Lipinski definition) is 3. The largest absolute Gasteiger partial charge is 0.384 e. The summed E-state index contributed by atoms with van der Waals surface area (Å²) < 4.78 is 5.27. The summed E-state index contributed by atoms with van der Waals surface area (Å²) in [6.45, 7) is 6.06. The molecule has 2 amide bonds. The molecule has 1 unspecified atom stereocenters. The number of piperidine rings is 1. The lowest BCUT2D eigenvalue weighted by Gasteiger charge is -2.36. The molecule has 1 saturated heterocycles. The molecule has 122 valence electrons. The van der Waals surface area contributed by atoms with Crippen molar-refractivity contribution in [3.05, 3.63) is 0 Å². The highest BCUT2D eigenvalue weighted by molar-refractivity contribution is 5.90. The number of hydrogen-bond acceptors (Lipinski definition) is 4. The lowest BCUT2D eigenvalue weighted by Crippen LogP contribution is -2.55. The summed E-state index contributed by atoms with van der Waals surface area (Å²) in [5, 5.41) is 8.82. The summed E-state index contributed by atoms with van der Waals surface area (Å²) in [5.41, 5.74) is -0.525. The fourth-order valence-electron chi connectivity index (χ4n) is 2.81. The van der Waals surface area contributed by atoms with E-state index < -0.39 is 11.5 Å². The first kappa shape index (κ1) is 17.9. The van der Waals surface area contributed by atoms with Crippen molar-refractivity contribution in [3.8, 4) is 0 Å². The SMILES string of the molecule is CNC(=O)C(CC(C)C)NC(=O)C1(COC)CCNCC1. The molecule has 0 aromatic carbocycles. The van der Waals surface area contributed by atoms with Crippen molar-refractivity contribution in [2.45, 2.75) is 39.2 Å². The van der Waals surface area contributed by atoms with Gasteiger partial charge < -0.3 is 20.7 Å². The Labute approximate surface area is 127 Å². The lowest BCUT2D eigenvalue weighted by atomic mass is 9.78. The van der Waals surface area contributed by atoms with Crippen LogP contribution in [0.15, 0.2) is 0 Å². The number of carbonyl (C=O) groups excluding carboxylic acids is 2. The highest BCUT2D eigenvalue weighted by Crippen LogP contribution is 2.29. The summed E-state index contributed by atoms with van der Waals surface area (Å²) in [6.07, 6.45) is 2.09. The molecule has 0 aromatic rings. The quantitative estimate of drug-likeness (QED) is 0.631. The topological polar surface area (TPSA) is 79.5 Å². The summed E-state index contributed by atoms with van der Waals surface area (Å²) >= 11 is 0. The molecule has 0 radical (unpaired) electrons. The van der Waals surface area contributed by atoms with Crippen LogP contribution < -0.4 is 16.0 Å². The second-order valence-corrected chi connectivity index (χ2v) is 6.23. The molecule has 6 nitrogen and oxygen atoms in total. The molecule has 1 atom stereocenters. The van der Waals surface area contributed by atoms with Gasteiger partial charge >= 0.3 is 0 Å². The predicted octanol–water partition coefficient (Wildman–Crippen LogP) is 0.280. The van der Waals surface area contributed by atoms with E-state index in [0.717, 1.165) is 25.9 Å². The van der Waals surface area contributed by atoms with E-state index in [1.54, 1.807) is 14.2 Å². The first-order valence-corrected chi connectivity index (χ1v) is 7.67. The molecule has 21 heavy (non-hydrogen) atoms. The minimum atomic E-state index is -0.525. The third-order valence-electron chi connectivity index (χ3n) is 4.04. The van der Waals surface area contributed by atoms with Crippen LogP contribution in [-0.4, -0.2) is 51.7 Å². The number of rotatable bonds is 7. The Hall–Kier alpha value is -1.14. The Balaban J connectivity index is 2.79. The maximum atomic E-state index is 12.7. The van der Waals surface area contributed by atoms with E-state index in [-0.39, 0.29) is 11.8 Å². The maximum Gasteiger partial charge on any atom is 0.242 e. The van der Waals surface area contributed by atoms with Gasteiger partial charge in [0, 0.05) is 14.2 Å². The lowest BCUT2D eigenvalue weighted by molar-refractivity contribution is -0.139. The Kier molecular flexibility index (Phi) is 7.11. The maximum absolute atomic E-state index is 12.7. The molecule has 0 spiro atoms. The zero-order valence-electron chi connectivity index (χ0n) is 13.6. The molecule has 1 aliphatic heterocycles. The first-order chi connectivity index (χ1) is 9.95. The van der Waals surface area contributed by atoms with Gasteiger partial charge in [0.2, 0.25) is 11.8 Å². The fraction of sp³-hybridized carbons (Fsp3) is 0.867. The van der Waals surface area contributed by atoms with Crippen LogP contribution in [0.4, 0.5) is 0 Å². The third-order valence-corrected chi connectivity index (χ3v) is 4.04. The van der Waals surface area contributed by atoms with Gasteiger partial charge in [-0.05, 0) is 38.3 Å². The zero-order chi connectivity index (χ0) is 15.9. The standard InChI is InChI=1S/C15H29N3O3/c1-11(2)9-12(13(19)16-3)18-14(20)15(10-21-4)5-7-17-8-6-15/h11-12,17H,5-10H2,1-4H3,(H,16,19)(H,18,20). The predicted molar refractivity (Wildman–Crippen MR) is 81.9 cm³/mol.